The standard InChI is InChI=1S/C2H6Si.2O.Ti/c1-2-3;;;/h2H,1H2,3H3;;;. The van der Waals surface area contributed by atoms with Crippen molar-refractivity contribution in [2.24, 2.45) is 0 Å². The van der Waals surface area contributed by atoms with Crippen LogP contribution in [-0.4, -0.2) is 10.2 Å². The van der Waals surface area contributed by atoms with Crippen molar-refractivity contribution in [1.29, 1.82) is 0 Å². The molecule has 0 aliphatic rings. The summed E-state index contributed by atoms with van der Waals surface area (Å²) in [4.78, 5) is 0. The summed E-state index contributed by atoms with van der Waals surface area (Å²) in [6.07, 6.45) is 0. The Labute approximate surface area is 48.6 Å². The van der Waals surface area contributed by atoms with Crippen LogP contribution in [0.15, 0.2) is 12.3 Å². The van der Waals surface area contributed by atoms with Crippen LogP contribution in [0.3, 0.4) is 0 Å². The Morgan fingerprint density at radius 3 is 1.67 bits per heavy atom. The zero-order chi connectivity index (χ0) is 5.41. The summed E-state index contributed by atoms with van der Waals surface area (Å²) in [6.45, 7) is 3.42. The molecule has 0 unspecified atom stereocenters. The molecule has 6 heavy (non-hydrogen) atoms. The van der Waals surface area contributed by atoms with Crippen molar-refractivity contribution in [1.82, 2.24) is 0 Å². The number of hydrogen-bond acceptors (Lipinski definition) is 2. The van der Waals surface area contributed by atoms with Gasteiger partial charge in [-0.15, -0.1) is 12.3 Å². The Hall–Kier alpha value is 0.271. The van der Waals surface area contributed by atoms with E-state index in [1.807, 2.05) is 5.70 Å². The van der Waals surface area contributed by atoms with Gasteiger partial charge in [0.25, 0.3) is 0 Å². The number of rotatable bonds is 0. The fourth-order valence-corrected chi connectivity index (χ4v) is 0. The summed E-state index contributed by atoms with van der Waals surface area (Å²) in [7, 11) is 1.13. The van der Waals surface area contributed by atoms with Crippen LogP contribution in [0.4, 0.5) is 0 Å². The zero-order valence-electron chi connectivity index (χ0n) is 3.60. The summed E-state index contributed by atoms with van der Waals surface area (Å²) in [5.41, 5.74) is 1.89. The van der Waals surface area contributed by atoms with Gasteiger partial charge in [-0.2, -0.15) is 0 Å². The van der Waals surface area contributed by atoms with Crippen LogP contribution in [-0.2, 0) is 25.7 Å². The van der Waals surface area contributed by atoms with Gasteiger partial charge in [0.1, 0.15) is 0 Å². The summed E-state index contributed by atoms with van der Waals surface area (Å²) < 4.78 is 17.0. The molecule has 0 saturated carbocycles. The molecule has 0 aromatic carbocycles. The van der Waals surface area contributed by atoms with Crippen molar-refractivity contribution in [2.45, 2.75) is 0 Å². The molecule has 2 nitrogen and oxygen atoms in total. The first-order valence-electron chi connectivity index (χ1n) is 1.39. The van der Waals surface area contributed by atoms with Gasteiger partial charge >= 0.3 is 25.7 Å². The van der Waals surface area contributed by atoms with E-state index in [1.54, 1.807) is 0 Å². The molecule has 0 bridgehead atoms. The Kier molecular flexibility index (Phi) is 29.7. The molecule has 0 aliphatic heterocycles. The monoisotopic (exact) mass is 138 g/mol. The fraction of sp³-hybridized carbons (Fsp3) is 0. The predicted molar refractivity (Wildman–Crippen MR) is 21.5 cm³/mol. The van der Waals surface area contributed by atoms with E-state index >= 15 is 0 Å². The number of hydrogen-bond donors (Lipinski definition) is 0. The molecular formula is C2H6O2SiTi. The quantitative estimate of drug-likeness (QED) is 0.413. The molecule has 0 heterocycles. The van der Waals surface area contributed by atoms with E-state index in [4.69, 9.17) is 6.65 Å². The van der Waals surface area contributed by atoms with Crippen LogP contribution in [0.25, 0.3) is 0 Å². The third-order valence-electron chi connectivity index (χ3n) is 0. The van der Waals surface area contributed by atoms with Gasteiger partial charge in [-0.05, 0) is 0 Å². The topological polar surface area (TPSA) is 34.1 Å². The van der Waals surface area contributed by atoms with Gasteiger partial charge in [0.15, 0.2) is 0 Å². The van der Waals surface area contributed by atoms with Gasteiger partial charge in [0.05, 0.1) is 0 Å². The first-order chi connectivity index (χ1) is 2.83. The SMILES string of the molecule is C=C[SiH3].[O]=[Ti]=[O]. The van der Waals surface area contributed by atoms with E-state index in [0.29, 0.717) is 0 Å². The second kappa shape index (κ2) is 18.6. The van der Waals surface area contributed by atoms with Crippen molar-refractivity contribution in [3.8, 4) is 0 Å². The summed E-state index contributed by atoms with van der Waals surface area (Å²) >= 11 is -2.00. The molecule has 0 N–H and O–H groups in total. The molecule has 0 amide bonds. The van der Waals surface area contributed by atoms with Crippen molar-refractivity contribution >= 4 is 10.2 Å². The molecule has 0 aromatic heterocycles. The third-order valence-corrected chi connectivity index (χ3v) is 0. The molecular weight excluding hydrogens is 132 g/mol. The fourth-order valence-electron chi connectivity index (χ4n) is 0. The zero-order valence-corrected chi connectivity index (χ0v) is 7.16. The molecule has 0 atom stereocenters. The Morgan fingerprint density at radius 2 is 1.67 bits per heavy atom. The molecule has 0 aliphatic carbocycles. The summed E-state index contributed by atoms with van der Waals surface area (Å²) in [5.74, 6) is 0. The Balaban J connectivity index is 0. The van der Waals surface area contributed by atoms with E-state index in [-0.39, 0.29) is 0 Å². The summed E-state index contributed by atoms with van der Waals surface area (Å²) in [5, 5.41) is 0. The maximum atomic E-state index is 8.50. The molecule has 0 saturated heterocycles. The van der Waals surface area contributed by atoms with E-state index in [0.717, 1.165) is 10.2 Å². The van der Waals surface area contributed by atoms with Crippen LogP contribution in [0.1, 0.15) is 0 Å². The van der Waals surface area contributed by atoms with Crippen LogP contribution in [0.2, 0.25) is 0 Å². The van der Waals surface area contributed by atoms with Crippen LogP contribution >= 0.6 is 0 Å². The molecule has 0 rings (SSSR count). The molecule has 0 fully saturated rings. The first kappa shape index (κ1) is 9.55. The second-order valence-electron chi connectivity index (χ2n) is 0.492. The van der Waals surface area contributed by atoms with Crippen molar-refractivity contribution < 1.29 is 25.7 Å². The van der Waals surface area contributed by atoms with E-state index in [9.17, 15) is 0 Å². The Bertz CT molecular complexity index is 56.6. The van der Waals surface area contributed by atoms with Gasteiger partial charge in [0, 0.05) is 10.2 Å². The molecule has 34 valence electrons. The predicted octanol–water partition coefficient (Wildman–Crippen LogP) is -0.745. The molecule has 0 spiro atoms. The van der Waals surface area contributed by atoms with Gasteiger partial charge in [-0.1, -0.05) is 0 Å². The van der Waals surface area contributed by atoms with E-state index in [1.165, 1.54) is 0 Å². The van der Waals surface area contributed by atoms with Crippen LogP contribution in [0.5, 0.6) is 0 Å². The van der Waals surface area contributed by atoms with Gasteiger partial charge < -0.3 is 0 Å². The first-order valence-corrected chi connectivity index (χ1v) is 3.82. The minimum atomic E-state index is -2.00. The second-order valence-corrected chi connectivity index (χ2v) is 1.57. The Morgan fingerprint density at radius 1 is 1.67 bits per heavy atom. The van der Waals surface area contributed by atoms with E-state index in [2.05, 4.69) is 6.58 Å². The van der Waals surface area contributed by atoms with Crippen molar-refractivity contribution in [3.63, 3.8) is 0 Å². The van der Waals surface area contributed by atoms with Crippen LogP contribution < -0.4 is 0 Å². The molecule has 0 radical (unpaired) electrons. The summed E-state index contributed by atoms with van der Waals surface area (Å²) in [6, 6.07) is 0. The average molecular weight is 138 g/mol. The normalized spacial score (nSPS) is 4.00. The van der Waals surface area contributed by atoms with Crippen molar-refractivity contribution in [3.05, 3.63) is 12.3 Å². The average Bonchev–Trinajstić information content (AvgIpc) is 1.39. The van der Waals surface area contributed by atoms with Gasteiger partial charge in [-0.25, -0.2) is 0 Å². The minimum absolute atomic E-state index is 1.13. The van der Waals surface area contributed by atoms with Gasteiger partial charge in [-0.3, -0.25) is 0 Å². The van der Waals surface area contributed by atoms with E-state index < -0.39 is 19.1 Å². The maximum absolute atomic E-state index is 8.50. The van der Waals surface area contributed by atoms with Crippen LogP contribution in [0, 0.1) is 0 Å². The van der Waals surface area contributed by atoms with Crippen molar-refractivity contribution in [2.75, 3.05) is 0 Å². The molecule has 0 aromatic rings. The third kappa shape index (κ3) is 622. The molecule has 4 heteroatoms. The van der Waals surface area contributed by atoms with Gasteiger partial charge in [0.2, 0.25) is 0 Å².